The molecule has 0 amide bonds. The zero-order chi connectivity index (χ0) is 20.8. The molecule has 28 heavy (non-hydrogen) atoms. The van der Waals surface area contributed by atoms with Crippen LogP contribution in [0.2, 0.25) is 0 Å². The van der Waals surface area contributed by atoms with Crippen LogP contribution in [0.4, 0.5) is 11.4 Å². The van der Waals surface area contributed by atoms with E-state index in [2.05, 4.69) is 62.0 Å². The molecule has 0 bridgehead atoms. The van der Waals surface area contributed by atoms with E-state index < -0.39 is 0 Å². The zero-order valence-electron chi connectivity index (χ0n) is 18.4. The van der Waals surface area contributed by atoms with Gasteiger partial charge in [-0.05, 0) is 36.1 Å². The third kappa shape index (κ3) is 7.81. The fourth-order valence-corrected chi connectivity index (χ4v) is 3.62. The molecule has 0 aliphatic carbocycles. The third-order valence-electron chi connectivity index (χ3n) is 5.34. The van der Waals surface area contributed by atoms with Gasteiger partial charge in [-0.1, -0.05) is 52.4 Å². The molecule has 0 heterocycles. The van der Waals surface area contributed by atoms with Crippen molar-refractivity contribution in [3.8, 4) is 12.1 Å². The van der Waals surface area contributed by atoms with Crippen LogP contribution in [0, 0.1) is 22.7 Å². The Morgan fingerprint density at radius 2 is 1.07 bits per heavy atom. The van der Waals surface area contributed by atoms with E-state index >= 15 is 0 Å². The first-order chi connectivity index (χ1) is 13.6. The Morgan fingerprint density at radius 1 is 0.679 bits per heavy atom. The zero-order valence-corrected chi connectivity index (χ0v) is 18.4. The van der Waals surface area contributed by atoms with Gasteiger partial charge in [-0.2, -0.15) is 10.5 Å². The monoisotopic (exact) mass is 382 g/mol. The van der Waals surface area contributed by atoms with E-state index in [1.807, 2.05) is 0 Å². The summed E-state index contributed by atoms with van der Waals surface area (Å²) in [4.78, 5) is 4.52. The Balaban J connectivity index is 3.05. The molecule has 0 saturated heterocycles. The predicted octanol–water partition coefficient (Wildman–Crippen LogP) is 5.85. The normalized spacial score (nSPS) is 10.4. The van der Waals surface area contributed by atoms with Gasteiger partial charge in [-0.25, -0.2) is 0 Å². The molecule has 4 heteroatoms. The first kappa shape index (κ1) is 23.8. The molecule has 0 atom stereocenters. The van der Waals surface area contributed by atoms with Crippen molar-refractivity contribution in [2.24, 2.45) is 0 Å². The van der Waals surface area contributed by atoms with E-state index in [1.165, 1.54) is 38.5 Å². The van der Waals surface area contributed by atoms with Crippen LogP contribution < -0.4 is 9.80 Å². The Morgan fingerprint density at radius 3 is 1.39 bits per heavy atom. The molecule has 0 unspecified atom stereocenters. The maximum Gasteiger partial charge on any atom is 0.0670 e. The van der Waals surface area contributed by atoms with Gasteiger partial charge >= 0.3 is 0 Å². The standard InChI is InChI=1S/C24H38N4/c1-5-7-9-11-17-27(3)23-19-22(14-16-26)24(20-21(23)13-15-25)28(4)18-12-10-8-6-2/h19-20H,5-14,17-18H2,1-4H3. The second kappa shape index (κ2) is 13.9. The van der Waals surface area contributed by atoms with Gasteiger partial charge in [0.2, 0.25) is 0 Å². The SMILES string of the molecule is CCCCCCN(C)c1cc(CC#N)c(N(C)CCCCCC)cc1CC#N. The van der Waals surface area contributed by atoms with Crippen molar-refractivity contribution in [2.45, 2.75) is 78.1 Å². The maximum atomic E-state index is 9.34. The molecule has 0 aromatic heterocycles. The maximum absolute atomic E-state index is 9.34. The lowest BCUT2D eigenvalue weighted by Gasteiger charge is -2.27. The highest BCUT2D eigenvalue weighted by atomic mass is 15.1. The number of hydrogen-bond donors (Lipinski definition) is 0. The van der Waals surface area contributed by atoms with Gasteiger partial charge < -0.3 is 9.80 Å². The third-order valence-corrected chi connectivity index (χ3v) is 5.34. The average molecular weight is 383 g/mol. The number of anilines is 2. The highest BCUT2D eigenvalue weighted by Gasteiger charge is 2.15. The average Bonchev–Trinajstić information content (AvgIpc) is 2.69. The molecule has 1 aromatic rings. The lowest BCUT2D eigenvalue weighted by molar-refractivity contribution is 0.659. The van der Waals surface area contributed by atoms with Crippen molar-refractivity contribution in [3.63, 3.8) is 0 Å². The van der Waals surface area contributed by atoms with Gasteiger partial charge in [-0.15, -0.1) is 0 Å². The first-order valence-electron chi connectivity index (χ1n) is 10.9. The van der Waals surface area contributed by atoms with Gasteiger partial charge in [0.25, 0.3) is 0 Å². The molecule has 0 spiro atoms. The Labute approximate surface area is 172 Å². The number of benzene rings is 1. The van der Waals surface area contributed by atoms with Crippen LogP contribution in [-0.2, 0) is 12.8 Å². The number of nitriles is 2. The smallest absolute Gasteiger partial charge is 0.0670 e. The van der Waals surface area contributed by atoms with Gasteiger partial charge in [0.05, 0.1) is 25.0 Å². The number of rotatable bonds is 14. The molecule has 154 valence electrons. The fourth-order valence-electron chi connectivity index (χ4n) is 3.62. The van der Waals surface area contributed by atoms with Crippen molar-refractivity contribution in [1.82, 2.24) is 0 Å². The van der Waals surface area contributed by atoms with Gasteiger partial charge in [-0.3, -0.25) is 0 Å². The largest absolute Gasteiger partial charge is 0.374 e. The first-order valence-corrected chi connectivity index (χ1v) is 10.9. The van der Waals surface area contributed by atoms with E-state index in [1.54, 1.807) is 0 Å². The van der Waals surface area contributed by atoms with Crippen LogP contribution >= 0.6 is 0 Å². The summed E-state index contributed by atoms with van der Waals surface area (Å²) >= 11 is 0. The topological polar surface area (TPSA) is 54.1 Å². The summed E-state index contributed by atoms with van der Waals surface area (Å²) in [5, 5.41) is 18.7. The minimum atomic E-state index is 0.401. The summed E-state index contributed by atoms with van der Waals surface area (Å²) < 4.78 is 0. The highest BCUT2D eigenvalue weighted by Crippen LogP contribution is 2.31. The Hall–Kier alpha value is -2.20. The van der Waals surface area contributed by atoms with Crippen molar-refractivity contribution >= 4 is 11.4 Å². The highest BCUT2D eigenvalue weighted by molar-refractivity contribution is 5.67. The molecule has 0 fully saturated rings. The molecule has 1 aromatic carbocycles. The molecule has 0 aliphatic rings. The van der Waals surface area contributed by atoms with Crippen LogP contribution in [-0.4, -0.2) is 27.2 Å². The van der Waals surface area contributed by atoms with E-state index in [-0.39, 0.29) is 0 Å². The number of unbranched alkanes of at least 4 members (excludes halogenated alkanes) is 6. The lowest BCUT2D eigenvalue weighted by atomic mass is 10.0. The van der Waals surface area contributed by atoms with Crippen LogP contribution in [0.5, 0.6) is 0 Å². The van der Waals surface area contributed by atoms with E-state index in [4.69, 9.17) is 0 Å². The van der Waals surface area contributed by atoms with Gasteiger partial charge in [0.1, 0.15) is 0 Å². The van der Waals surface area contributed by atoms with Crippen LogP contribution in [0.15, 0.2) is 12.1 Å². The summed E-state index contributed by atoms with van der Waals surface area (Å²) in [7, 11) is 4.21. The molecule has 0 radical (unpaired) electrons. The summed E-state index contributed by atoms with van der Waals surface area (Å²) in [6, 6.07) is 8.94. The summed E-state index contributed by atoms with van der Waals surface area (Å²) in [6.07, 6.45) is 10.6. The molecule has 0 N–H and O–H groups in total. The van der Waals surface area contributed by atoms with Crippen molar-refractivity contribution in [3.05, 3.63) is 23.3 Å². The summed E-state index contributed by atoms with van der Waals surface area (Å²) in [6.45, 7) is 6.41. The molecule has 1 rings (SSSR count). The van der Waals surface area contributed by atoms with E-state index in [0.29, 0.717) is 12.8 Å². The van der Waals surface area contributed by atoms with Crippen molar-refractivity contribution in [2.75, 3.05) is 37.0 Å². The van der Waals surface area contributed by atoms with Crippen LogP contribution in [0.1, 0.15) is 76.3 Å². The molecular formula is C24H38N4. The van der Waals surface area contributed by atoms with E-state index in [0.717, 1.165) is 48.4 Å². The minimum Gasteiger partial charge on any atom is -0.374 e. The minimum absolute atomic E-state index is 0.401. The molecule has 0 saturated carbocycles. The quantitative estimate of drug-likeness (QED) is 0.379. The van der Waals surface area contributed by atoms with Crippen LogP contribution in [0.25, 0.3) is 0 Å². The van der Waals surface area contributed by atoms with Crippen LogP contribution in [0.3, 0.4) is 0 Å². The Bertz CT molecular complexity index is 596. The lowest BCUT2D eigenvalue weighted by Crippen LogP contribution is -2.23. The molecular weight excluding hydrogens is 344 g/mol. The molecule has 0 aliphatic heterocycles. The predicted molar refractivity (Wildman–Crippen MR) is 120 cm³/mol. The second-order valence-corrected chi connectivity index (χ2v) is 7.74. The van der Waals surface area contributed by atoms with Gasteiger partial charge in [0.15, 0.2) is 0 Å². The van der Waals surface area contributed by atoms with E-state index in [9.17, 15) is 10.5 Å². The molecule has 4 nitrogen and oxygen atoms in total. The van der Waals surface area contributed by atoms with Crippen molar-refractivity contribution in [1.29, 1.82) is 10.5 Å². The second-order valence-electron chi connectivity index (χ2n) is 7.74. The number of hydrogen-bond acceptors (Lipinski definition) is 4. The summed E-state index contributed by atoms with van der Waals surface area (Å²) in [5.41, 5.74) is 4.34. The van der Waals surface area contributed by atoms with Crippen molar-refractivity contribution < 1.29 is 0 Å². The fraction of sp³-hybridized carbons (Fsp3) is 0.667. The number of nitrogens with zero attached hydrogens (tertiary/aromatic N) is 4. The summed E-state index contributed by atoms with van der Waals surface area (Å²) in [5.74, 6) is 0. The van der Waals surface area contributed by atoms with Gasteiger partial charge in [0, 0.05) is 38.6 Å². The Kier molecular flexibility index (Phi) is 11.8.